The highest BCUT2D eigenvalue weighted by atomic mass is 35.5. The van der Waals surface area contributed by atoms with Gasteiger partial charge in [0, 0.05) is 12.6 Å². The van der Waals surface area contributed by atoms with Crippen LogP contribution in [0.15, 0.2) is 6.33 Å². The number of hydrogen-bond acceptors (Lipinski definition) is 6. The first-order valence-electron chi connectivity index (χ1n) is 6.02. The number of nitro groups is 1. The maximum absolute atomic E-state index is 10.9. The van der Waals surface area contributed by atoms with Crippen molar-refractivity contribution in [2.75, 3.05) is 25.5 Å². The van der Waals surface area contributed by atoms with Gasteiger partial charge in [-0.1, -0.05) is 11.6 Å². The van der Waals surface area contributed by atoms with Gasteiger partial charge in [0.05, 0.1) is 4.92 Å². The van der Waals surface area contributed by atoms with Crippen molar-refractivity contribution in [1.29, 1.82) is 0 Å². The fourth-order valence-electron chi connectivity index (χ4n) is 1.44. The Kier molecular flexibility index (Phi) is 5.91. The summed E-state index contributed by atoms with van der Waals surface area (Å²) in [6.45, 7) is 5.72. The summed E-state index contributed by atoms with van der Waals surface area (Å²) in [5.74, 6) is 0.164. The number of aromatic nitrogens is 2. The molecule has 8 heteroatoms. The fraction of sp³-hybridized carbons (Fsp3) is 0.636. The Morgan fingerprint density at radius 2 is 2.21 bits per heavy atom. The Labute approximate surface area is 117 Å². The lowest BCUT2D eigenvalue weighted by Gasteiger charge is -2.20. The van der Waals surface area contributed by atoms with Gasteiger partial charge in [0.1, 0.15) is 6.33 Å². The Balaban J connectivity index is 2.54. The van der Waals surface area contributed by atoms with E-state index in [2.05, 4.69) is 34.0 Å². The van der Waals surface area contributed by atoms with E-state index >= 15 is 0 Å². The van der Waals surface area contributed by atoms with E-state index in [0.29, 0.717) is 12.6 Å². The predicted octanol–water partition coefficient (Wildman–Crippen LogP) is 2.18. The van der Waals surface area contributed by atoms with E-state index in [1.807, 2.05) is 7.05 Å². The molecule has 0 saturated carbocycles. The zero-order valence-electron chi connectivity index (χ0n) is 11.3. The maximum Gasteiger partial charge on any atom is 0.348 e. The summed E-state index contributed by atoms with van der Waals surface area (Å²) >= 11 is 5.69. The van der Waals surface area contributed by atoms with Crippen LogP contribution in [-0.2, 0) is 0 Å². The molecule has 19 heavy (non-hydrogen) atoms. The maximum atomic E-state index is 10.9. The molecule has 0 atom stereocenters. The van der Waals surface area contributed by atoms with Crippen LogP contribution < -0.4 is 5.32 Å². The number of anilines is 1. The Bertz CT molecular complexity index is 441. The van der Waals surface area contributed by atoms with Crippen LogP contribution in [0.25, 0.3) is 0 Å². The van der Waals surface area contributed by atoms with Gasteiger partial charge in [-0.25, -0.2) is 9.97 Å². The second kappa shape index (κ2) is 7.20. The molecule has 0 spiro atoms. The summed E-state index contributed by atoms with van der Waals surface area (Å²) < 4.78 is 0. The monoisotopic (exact) mass is 287 g/mol. The van der Waals surface area contributed by atoms with Gasteiger partial charge >= 0.3 is 5.69 Å². The van der Waals surface area contributed by atoms with Crippen molar-refractivity contribution in [2.24, 2.45) is 0 Å². The number of halogens is 1. The quantitative estimate of drug-likeness (QED) is 0.358. The van der Waals surface area contributed by atoms with Gasteiger partial charge in [0.2, 0.25) is 11.0 Å². The molecule has 1 heterocycles. The fourth-order valence-corrected chi connectivity index (χ4v) is 1.64. The van der Waals surface area contributed by atoms with Crippen LogP contribution in [-0.4, -0.2) is 46.0 Å². The zero-order valence-corrected chi connectivity index (χ0v) is 12.0. The molecule has 0 saturated heterocycles. The van der Waals surface area contributed by atoms with Crippen LogP contribution in [0.3, 0.4) is 0 Å². The molecule has 1 aromatic rings. The Morgan fingerprint density at radius 1 is 1.53 bits per heavy atom. The molecule has 0 bridgehead atoms. The summed E-state index contributed by atoms with van der Waals surface area (Å²) in [5.41, 5.74) is -0.276. The van der Waals surface area contributed by atoms with Crippen molar-refractivity contribution < 1.29 is 4.92 Å². The SMILES string of the molecule is CC(C)N(C)CCCNc1ncnc(Cl)c1[N+](=O)[O-]. The van der Waals surface area contributed by atoms with Gasteiger partial charge in [-0.05, 0) is 33.9 Å². The van der Waals surface area contributed by atoms with E-state index < -0.39 is 4.92 Å². The van der Waals surface area contributed by atoms with Crippen LogP contribution in [0.4, 0.5) is 11.5 Å². The first-order valence-corrected chi connectivity index (χ1v) is 6.40. The average Bonchev–Trinajstić information content (AvgIpc) is 2.33. The number of nitrogens with one attached hydrogen (secondary N) is 1. The molecule has 0 aliphatic rings. The molecule has 1 aromatic heterocycles. The van der Waals surface area contributed by atoms with Crippen molar-refractivity contribution in [1.82, 2.24) is 14.9 Å². The second-order valence-electron chi connectivity index (χ2n) is 4.47. The molecule has 0 aliphatic heterocycles. The van der Waals surface area contributed by atoms with E-state index in [-0.39, 0.29) is 16.7 Å². The minimum atomic E-state index is -0.578. The summed E-state index contributed by atoms with van der Waals surface area (Å²) in [7, 11) is 2.04. The van der Waals surface area contributed by atoms with E-state index in [9.17, 15) is 10.1 Å². The third-order valence-electron chi connectivity index (χ3n) is 2.82. The van der Waals surface area contributed by atoms with E-state index in [1.54, 1.807) is 0 Å². The number of nitrogens with zero attached hydrogens (tertiary/aromatic N) is 4. The topological polar surface area (TPSA) is 84.2 Å². The standard InChI is InChI=1S/C11H18ClN5O2/c1-8(2)16(3)6-4-5-13-11-9(17(18)19)10(12)14-7-15-11/h7-8H,4-6H2,1-3H3,(H,13,14,15). The molecule has 0 unspecified atom stereocenters. The molecule has 0 aliphatic carbocycles. The molecule has 1 N–H and O–H groups in total. The first-order chi connectivity index (χ1) is 8.93. The van der Waals surface area contributed by atoms with Gasteiger partial charge in [-0.3, -0.25) is 10.1 Å². The van der Waals surface area contributed by atoms with Crippen LogP contribution >= 0.6 is 11.6 Å². The highest BCUT2D eigenvalue weighted by Crippen LogP contribution is 2.27. The van der Waals surface area contributed by atoms with Gasteiger partial charge in [-0.2, -0.15) is 0 Å². The van der Waals surface area contributed by atoms with Crippen molar-refractivity contribution in [2.45, 2.75) is 26.3 Å². The summed E-state index contributed by atoms with van der Waals surface area (Å²) in [6.07, 6.45) is 2.06. The first kappa shape index (κ1) is 15.6. The van der Waals surface area contributed by atoms with Crippen molar-refractivity contribution in [3.8, 4) is 0 Å². The van der Waals surface area contributed by atoms with Gasteiger partial charge < -0.3 is 10.2 Å². The van der Waals surface area contributed by atoms with Crippen LogP contribution in [0, 0.1) is 10.1 Å². The lowest BCUT2D eigenvalue weighted by atomic mass is 10.3. The minimum absolute atomic E-state index is 0.151. The lowest BCUT2D eigenvalue weighted by molar-refractivity contribution is -0.384. The lowest BCUT2D eigenvalue weighted by Crippen LogP contribution is -2.28. The van der Waals surface area contributed by atoms with Crippen molar-refractivity contribution in [3.05, 3.63) is 21.6 Å². The van der Waals surface area contributed by atoms with E-state index in [1.165, 1.54) is 6.33 Å². The second-order valence-corrected chi connectivity index (χ2v) is 4.83. The largest absolute Gasteiger partial charge is 0.364 e. The van der Waals surface area contributed by atoms with Crippen LogP contribution in [0.2, 0.25) is 5.15 Å². The van der Waals surface area contributed by atoms with Gasteiger partial charge in [0.15, 0.2) is 0 Å². The van der Waals surface area contributed by atoms with Crippen molar-refractivity contribution >= 4 is 23.1 Å². The Hall–Kier alpha value is -1.47. The molecular weight excluding hydrogens is 270 g/mol. The molecule has 106 valence electrons. The third-order valence-corrected chi connectivity index (χ3v) is 3.10. The predicted molar refractivity (Wildman–Crippen MR) is 74.6 cm³/mol. The summed E-state index contributed by atoms with van der Waals surface area (Å²) in [4.78, 5) is 19.9. The number of hydrogen-bond donors (Lipinski definition) is 1. The molecule has 1 rings (SSSR count). The summed E-state index contributed by atoms with van der Waals surface area (Å²) in [6, 6.07) is 0.475. The average molecular weight is 288 g/mol. The van der Waals surface area contributed by atoms with E-state index in [4.69, 9.17) is 11.6 Å². The zero-order chi connectivity index (χ0) is 14.4. The van der Waals surface area contributed by atoms with Gasteiger partial charge in [-0.15, -0.1) is 0 Å². The molecule has 0 radical (unpaired) electrons. The highest BCUT2D eigenvalue weighted by molar-refractivity contribution is 6.31. The highest BCUT2D eigenvalue weighted by Gasteiger charge is 2.20. The summed E-state index contributed by atoms with van der Waals surface area (Å²) in [5, 5.41) is 13.6. The Morgan fingerprint density at radius 3 is 2.79 bits per heavy atom. The molecule has 0 aromatic carbocycles. The number of rotatable bonds is 7. The smallest absolute Gasteiger partial charge is 0.348 e. The normalized spacial score (nSPS) is 11.1. The molecule has 0 fully saturated rings. The van der Waals surface area contributed by atoms with E-state index in [0.717, 1.165) is 13.0 Å². The minimum Gasteiger partial charge on any atom is -0.364 e. The third kappa shape index (κ3) is 4.60. The van der Waals surface area contributed by atoms with Crippen LogP contribution in [0.5, 0.6) is 0 Å². The molecule has 0 amide bonds. The van der Waals surface area contributed by atoms with Crippen molar-refractivity contribution in [3.63, 3.8) is 0 Å². The molecular formula is C11H18ClN5O2. The van der Waals surface area contributed by atoms with Crippen LogP contribution in [0.1, 0.15) is 20.3 Å². The molecule has 7 nitrogen and oxygen atoms in total. The van der Waals surface area contributed by atoms with Gasteiger partial charge in [0.25, 0.3) is 0 Å².